The first-order chi connectivity index (χ1) is 17.2. The molecule has 0 radical (unpaired) electrons. The van der Waals surface area contributed by atoms with E-state index in [1.54, 1.807) is 51.1 Å². The Morgan fingerprint density at radius 1 is 1.11 bits per heavy atom. The van der Waals surface area contributed by atoms with Crippen molar-refractivity contribution < 1.29 is 36.3 Å². The normalized spacial score (nSPS) is 21.9. The van der Waals surface area contributed by atoms with Crippen LogP contribution in [-0.4, -0.2) is 55.7 Å². The van der Waals surface area contributed by atoms with Crippen LogP contribution in [0.15, 0.2) is 53.4 Å². The Kier molecular flexibility index (Phi) is 6.74. The summed E-state index contributed by atoms with van der Waals surface area (Å²) in [6.07, 6.45) is -1.44. The lowest BCUT2D eigenvalue weighted by molar-refractivity contribution is -0.120. The molecule has 2 aliphatic rings. The first kappa shape index (κ1) is 26.5. The molecule has 2 aromatic rings. The Morgan fingerprint density at radius 2 is 1.76 bits per heavy atom. The third kappa shape index (κ3) is 6.07. The highest BCUT2D eigenvalue weighted by Gasteiger charge is 2.58. The summed E-state index contributed by atoms with van der Waals surface area (Å²) in [5, 5.41) is 4.58. The van der Waals surface area contributed by atoms with Crippen LogP contribution in [0.4, 0.5) is 19.3 Å². The van der Waals surface area contributed by atoms with Gasteiger partial charge in [0, 0.05) is 12.0 Å². The summed E-state index contributed by atoms with van der Waals surface area (Å²) in [5.74, 6) is -5.27. The summed E-state index contributed by atoms with van der Waals surface area (Å²) in [6, 6.07) is 9.52. The molecule has 2 aromatic carbocycles. The molecule has 2 atom stereocenters. The number of amides is 3. The maximum Gasteiger partial charge on any atom is 0.408 e. The van der Waals surface area contributed by atoms with Crippen LogP contribution >= 0.6 is 0 Å². The van der Waals surface area contributed by atoms with Gasteiger partial charge >= 0.3 is 6.09 Å². The van der Waals surface area contributed by atoms with Gasteiger partial charge in [-0.3, -0.25) is 9.59 Å². The Hall–Kier alpha value is -3.54. The first-order valence-corrected chi connectivity index (χ1v) is 13.2. The zero-order valence-corrected chi connectivity index (χ0v) is 21.3. The van der Waals surface area contributed by atoms with Gasteiger partial charge in [0.15, 0.2) is 9.84 Å². The number of rotatable bonds is 5. The number of hydrogen-bond acceptors (Lipinski definition) is 6. The molecule has 0 unspecified atom stereocenters. The zero-order valence-electron chi connectivity index (χ0n) is 20.5. The minimum atomic E-state index is -4.13. The number of ether oxygens (including phenoxy) is 1. The van der Waals surface area contributed by atoms with Crippen LogP contribution in [0.1, 0.15) is 43.1 Å². The lowest BCUT2D eigenvalue weighted by Crippen LogP contribution is -2.51. The van der Waals surface area contributed by atoms with E-state index in [0.717, 1.165) is 0 Å². The summed E-state index contributed by atoms with van der Waals surface area (Å²) < 4.78 is 58.4. The van der Waals surface area contributed by atoms with Crippen molar-refractivity contribution in [2.75, 3.05) is 10.7 Å². The topological polar surface area (TPSA) is 122 Å². The summed E-state index contributed by atoms with van der Waals surface area (Å²) in [7, 11) is -4.13. The van der Waals surface area contributed by atoms with Gasteiger partial charge < -0.3 is 20.3 Å². The monoisotopic (exact) mass is 535 g/mol. The Bertz CT molecular complexity index is 1340. The fourth-order valence-corrected chi connectivity index (χ4v) is 5.52. The van der Waals surface area contributed by atoms with Gasteiger partial charge in [0.25, 0.3) is 17.7 Å². The number of alkyl carbamates (subject to hydrolysis) is 1. The van der Waals surface area contributed by atoms with Crippen molar-refractivity contribution in [1.82, 2.24) is 10.6 Å². The Labute approximate surface area is 213 Å². The van der Waals surface area contributed by atoms with Gasteiger partial charge in [0.05, 0.1) is 28.9 Å². The van der Waals surface area contributed by atoms with E-state index in [2.05, 4.69) is 10.6 Å². The summed E-state index contributed by atoms with van der Waals surface area (Å²) in [4.78, 5) is 39.6. The Morgan fingerprint density at radius 3 is 2.35 bits per heavy atom. The average molecular weight is 536 g/mol. The minimum Gasteiger partial charge on any atom is -0.444 e. The van der Waals surface area contributed by atoms with Crippen LogP contribution in [-0.2, 0) is 25.9 Å². The van der Waals surface area contributed by atoms with Gasteiger partial charge in [-0.15, -0.1) is 0 Å². The summed E-state index contributed by atoms with van der Waals surface area (Å²) in [5.41, 5.74) is -0.396. The van der Waals surface area contributed by atoms with Gasteiger partial charge in [-0.2, -0.15) is 0 Å². The molecule has 0 spiro atoms. The third-order valence-electron chi connectivity index (χ3n) is 5.80. The number of hydrogen-bond donors (Lipinski definition) is 2. The second kappa shape index (κ2) is 9.40. The number of carbonyl (C=O) groups excluding carboxylic acids is 3. The molecule has 37 heavy (non-hydrogen) atoms. The van der Waals surface area contributed by atoms with Crippen molar-refractivity contribution in [3.05, 3.63) is 59.7 Å². The fourth-order valence-electron chi connectivity index (χ4n) is 3.91. The molecule has 9 nitrogen and oxygen atoms in total. The molecule has 2 N–H and O–H groups in total. The van der Waals surface area contributed by atoms with E-state index < -0.39 is 63.5 Å². The molecular formula is C25H27F2N3O6S. The molecule has 4 rings (SSSR count). The number of sulfone groups is 1. The van der Waals surface area contributed by atoms with Crippen molar-refractivity contribution in [3.63, 3.8) is 0 Å². The predicted molar refractivity (Wildman–Crippen MR) is 130 cm³/mol. The van der Waals surface area contributed by atoms with Crippen LogP contribution in [0, 0.1) is 0 Å². The molecule has 12 heteroatoms. The molecule has 1 saturated carbocycles. The lowest BCUT2D eigenvalue weighted by atomic mass is 10.1. The third-order valence-corrected chi connectivity index (χ3v) is 7.59. The number of fused-ring (bicyclic) bond motifs is 1. The van der Waals surface area contributed by atoms with E-state index in [-0.39, 0.29) is 22.7 Å². The molecule has 1 aliphatic heterocycles. The van der Waals surface area contributed by atoms with E-state index >= 15 is 0 Å². The highest BCUT2D eigenvalue weighted by atomic mass is 32.2. The maximum atomic E-state index is 13.6. The highest BCUT2D eigenvalue weighted by Crippen LogP contribution is 2.42. The molecular weight excluding hydrogens is 508 g/mol. The summed E-state index contributed by atoms with van der Waals surface area (Å²) >= 11 is 0. The Balaban J connectivity index is 1.73. The maximum absolute atomic E-state index is 13.6. The number of carbonyl (C=O) groups is 3. The van der Waals surface area contributed by atoms with Crippen LogP contribution in [0.2, 0.25) is 0 Å². The molecule has 1 fully saturated rings. The SMILES string of the molecule is CC(C)(C)OC(=O)N[C@H]1CS(=O)(=O)c2ccc(C(=O)N[C@@H]3CC3(F)F)cc2N(Cc2ccccc2)C1=O. The van der Waals surface area contributed by atoms with Crippen molar-refractivity contribution in [1.29, 1.82) is 0 Å². The fraction of sp³-hybridized carbons (Fsp3) is 0.400. The molecule has 1 heterocycles. The van der Waals surface area contributed by atoms with Gasteiger partial charge in [-0.05, 0) is 44.5 Å². The van der Waals surface area contributed by atoms with Crippen LogP contribution < -0.4 is 15.5 Å². The molecule has 0 aromatic heterocycles. The van der Waals surface area contributed by atoms with Crippen molar-refractivity contribution in [2.45, 2.75) is 62.2 Å². The first-order valence-electron chi connectivity index (χ1n) is 11.6. The molecule has 1 aliphatic carbocycles. The smallest absolute Gasteiger partial charge is 0.408 e. The molecule has 0 bridgehead atoms. The van der Waals surface area contributed by atoms with Crippen LogP contribution in [0.25, 0.3) is 0 Å². The summed E-state index contributed by atoms with van der Waals surface area (Å²) in [6.45, 7) is 4.81. The van der Waals surface area contributed by atoms with Crippen LogP contribution in [0.3, 0.4) is 0 Å². The highest BCUT2D eigenvalue weighted by molar-refractivity contribution is 7.91. The largest absolute Gasteiger partial charge is 0.444 e. The second-order valence-corrected chi connectivity index (χ2v) is 12.1. The number of benzene rings is 2. The molecule has 198 valence electrons. The lowest BCUT2D eigenvalue weighted by Gasteiger charge is -2.27. The van der Waals surface area contributed by atoms with E-state index in [1.807, 2.05) is 0 Å². The predicted octanol–water partition coefficient (Wildman–Crippen LogP) is 3.04. The average Bonchev–Trinajstić information content (AvgIpc) is 3.41. The number of halogens is 2. The van der Waals surface area contributed by atoms with Gasteiger partial charge in [-0.1, -0.05) is 30.3 Å². The molecule has 0 saturated heterocycles. The van der Waals surface area contributed by atoms with E-state index in [4.69, 9.17) is 4.74 Å². The van der Waals surface area contributed by atoms with Gasteiger partial charge in [0.1, 0.15) is 11.6 Å². The van der Waals surface area contributed by atoms with Crippen molar-refractivity contribution in [3.8, 4) is 0 Å². The van der Waals surface area contributed by atoms with Crippen LogP contribution in [0.5, 0.6) is 0 Å². The second-order valence-electron chi connectivity index (χ2n) is 10.1. The van der Waals surface area contributed by atoms with Gasteiger partial charge in [-0.25, -0.2) is 22.0 Å². The number of nitrogens with one attached hydrogen (secondary N) is 2. The quantitative estimate of drug-likeness (QED) is 0.607. The van der Waals surface area contributed by atoms with E-state index in [0.29, 0.717) is 5.56 Å². The van der Waals surface area contributed by atoms with Crippen molar-refractivity contribution >= 4 is 33.4 Å². The number of anilines is 1. The van der Waals surface area contributed by atoms with E-state index in [9.17, 15) is 31.6 Å². The van der Waals surface area contributed by atoms with E-state index in [1.165, 1.54) is 23.1 Å². The van der Waals surface area contributed by atoms with Crippen molar-refractivity contribution in [2.24, 2.45) is 0 Å². The molecule has 3 amide bonds. The van der Waals surface area contributed by atoms with Gasteiger partial charge in [0.2, 0.25) is 0 Å². The zero-order chi connectivity index (χ0) is 27.2. The minimum absolute atomic E-state index is 0.0690. The number of nitrogens with zero attached hydrogens (tertiary/aromatic N) is 1. The number of alkyl halides is 2. The standard InChI is InChI=1S/C25H27F2N3O6S/c1-24(2,3)36-23(33)28-17-14-37(34,35)19-10-9-16(21(31)29-20-12-25(20,26)27)11-18(19)30(22(17)32)13-15-7-5-4-6-8-15/h4-11,17,20H,12-14H2,1-3H3,(H,28,33)(H,29,31)/t17-,20+/m0/s1.